The van der Waals surface area contributed by atoms with Crippen molar-refractivity contribution in [3.8, 4) is 0 Å². The van der Waals surface area contributed by atoms with Gasteiger partial charge in [0.1, 0.15) is 11.4 Å². The van der Waals surface area contributed by atoms with Gasteiger partial charge in [-0.15, -0.1) is 0 Å². The maximum atomic E-state index is 12.8. The largest absolute Gasteiger partial charge is 0.392 e. The molecule has 0 aliphatic carbocycles. The fourth-order valence-electron chi connectivity index (χ4n) is 3.04. The second kappa shape index (κ2) is 6.81. The molecule has 22 heavy (non-hydrogen) atoms. The molecule has 1 aromatic rings. The number of amides is 1. The molecule has 1 saturated heterocycles. The maximum absolute atomic E-state index is 12.8. The third-order valence-electron chi connectivity index (χ3n) is 4.07. The number of hydrogen-bond donors (Lipinski definition) is 3. The molecule has 0 saturated carbocycles. The van der Waals surface area contributed by atoms with Crippen LogP contribution in [0.4, 0.5) is 5.69 Å². The highest BCUT2D eigenvalue weighted by Crippen LogP contribution is 2.24. The van der Waals surface area contributed by atoms with Crippen LogP contribution in [0.5, 0.6) is 0 Å². The van der Waals surface area contributed by atoms with E-state index in [0.717, 1.165) is 32.1 Å². The molecule has 1 aliphatic heterocycles. The van der Waals surface area contributed by atoms with Crippen molar-refractivity contribution >= 4 is 11.6 Å². The summed E-state index contributed by atoms with van der Waals surface area (Å²) in [5.74, 6) is 0.113. The zero-order valence-electron chi connectivity index (χ0n) is 13.1. The van der Waals surface area contributed by atoms with Crippen LogP contribution < -0.4 is 17.0 Å². The van der Waals surface area contributed by atoms with Crippen molar-refractivity contribution in [3.63, 3.8) is 0 Å². The average molecular weight is 308 g/mol. The Bertz CT molecular complexity index is 647. The fourth-order valence-corrected chi connectivity index (χ4v) is 3.04. The van der Waals surface area contributed by atoms with Crippen LogP contribution in [-0.4, -0.2) is 33.4 Å². The molecule has 0 aromatic carbocycles. The average Bonchev–Trinajstić information content (AvgIpc) is 2.67. The van der Waals surface area contributed by atoms with E-state index in [0.29, 0.717) is 12.5 Å². The molecule has 4 N–H and O–H groups in total. The summed E-state index contributed by atoms with van der Waals surface area (Å²) < 4.78 is 0. The topological polar surface area (TPSA) is 112 Å². The first-order chi connectivity index (χ1) is 10.4. The van der Waals surface area contributed by atoms with E-state index in [4.69, 9.17) is 5.73 Å². The van der Waals surface area contributed by atoms with E-state index in [2.05, 4.69) is 18.8 Å². The minimum absolute atomic E-state index is 0.0931. The third-order valence-corrected chi connectivity index (χ3v) is 4.07. The predicted molar refractivity (Wildman–Crippen MR) is 84.8 cm³/mol. The van der Waals surface area contributed by atoms with Gasteiger partial charge in [0.15, 0.2) is 0 Å². The smallest absolute Gasteiger partial charge is 0.326 e. The summed E-state index contributed by atoms with van der Waals surface area (Å²) in [6.07, 6.45) is 4.94. The Morgan fingerprint density at radius 2 is 2.00 bits per heavy atom. The van der Waals surface area contributed by atoms with Gasteiger partial charge in [0, 0.05) is 12.6 Å². The molecule has 2 rings (SSSR count). The number of likely N-dealkylation sites (tertiary alicyclic amines) is 1. The van der Waals surface area contributed by atoms with Gasteiger partial charge in [0.25, 0.3) is 11.5 Å². The number of anilines is 1. The van der Waals surface area contributed by atoms with Gasteiger partial charge in [-0.3, -0.25) is 14.6 Å². The molecule has 0 bridgehead atoms. The Kier molecular flexibility index (Phi) is 5.05. The van der Waals surface area contributed by atoms with Crippen molar-refractivity contribution in [1.82, 2.24) is 14.9 Å². The van der Waals surface area contributed by atoms with Gasteiger partial charge in [-0.25, -0.2) is 4.79 Å². The lowest BCUT2D eigenvalue weighted by molar-refractivity contribution is 0.0655. The SMILES string of the molecule is CC(C)CC1CCCCCN1C(=O)c1[nH]c(=O)[nH]c(=O)c1N. The molecule has 1 amide bonds. The predicted octanol–water partition coefficient (Wildman–Crippen LogP) is 1.08. The van der Waals surface area contributed by atoms with Gasteiger partial charge in [-0.2, -0.15) is 0 Å². The number of nitrogens with one attached hydrogen (secondary N) is 2. The Morgan fingerprint density at radius 3 is 2.68 bits per heavy atom. The number of rotatable bonds is 3. The van der Waals surface area contributed by atoms with Crippen molar-refractivity contribution in [2.45, 2.75) is 52.0 Å². The zero-order chi connectivity index (χ0) is 16.3. The summed E-state index contributed by atoms with van der Waals surface area (Å²) in [4.78, 5) is 42.0. The number of carbonyl (C=O) groups is 1. The second-order valence-electron chi connectivity index (χ2n) is 6.33. The van der Waals surface area contributed by atoms with E-state index >= 15 is 0 Å². The molecule has 7 nitrogen and oxygen atoms in total. The number of aromatic amines is 2. The van der Waals surface area contributed by atoms with E-state index in [-0.39, 0.29) is 23.3 Å². The van der Waals surface area contributed by atoms with E-state index in [9.17, 15) is 14.4 Å². The summed E-state index contributed by atoms with van der Waals surface area (Å²) in [6.45, 7) is 4.87. The Balaban J connectivity index is 2.36. The van der Waals surface area contributed by atoms with Crippen LogP contribution >= 0.6 is 0 Å². The molecular weight excluding hydrogens is 284 g/mol. The van der Waals surface area contributed by atoms with Crippen molar-refractivity contribution in [3.05, 3.63) is 26.5 Å². The third kappa shape index (κ3) is 3.58. The van der Waals surface area contributed by atoms with Crippen LogP contribution in [-0.2, 0) is 0 Å². The van der Waals surface area contributed by atoms with Gasteiger partial charge < -0.3 is 15.6 Å². The van der Waals surface area contributed by atoms with Crippen molar-refractivity contribution in [1.29, 1.82) is 0 Å². The summed E-state index contributed by atoms with van der Waals surface area (Å²) in [7, 11) is 0. The molecule has 0 radical (unpaired) electrons. The summed E-state index contributed by atoms with van der Waals surface area (Å²) in [5, 5.41) is 0. The van der Waals surface area contributed by atoms with Gasteiger partial charge in [0.05, 0.1) is 0 Å². The lowest BCUT2D eigenvalue weighted by atomic mass is 9.98. The first-order valence-electron chi connectivity index (χ1n) is 7.83. The lowest BCUT2D eigenvalue weighted by Gasteiger charge is -2.31. The van der Waals surface area contributed by atoms with Crippen LogP contribution in [0.2, 0.25) is 0 Å². The molecular formula is C15H24N4O3. The van der Waals surface area contributed by atoms with Crippen LogP contribution in [0.3, 0.4) is 0 Å². The van der Waals surface area contributed by atoms with Gasteiger partial charge >= 0.3 is 5.69 Å². The number of carbonyl (C=O) groups excluding carboxylic acids is 1. The van der Waals surface area contributed by atoms with Crippen molar-refractivity contribution in [2.24, 2.45) is 5.92 Å². The molecule has 1 aliphatic rings. The second-order valence-corrected chi connectivity index (χ2v) is 6.33. The van der Waals surface area contributed by atoms with Gasteiger partial charge in [-0.05, 0) is 25.2 Å². The number of nitrogens with zero attached hydrogens (tertiary/aromatic N) is 1. The minimum Gasteiger partial charge on any atom is -0.392 e. The molecule has 1 unspecified atom stereocenters. The standard InChI is InChI=1S/C15H24N4O3/c1-9(2)8-10-6-4-3-5-7-19(10)14(21)12-11(16)13(20)18-15(22)17-12/h9-10H,3-8,16H2,1-2H3,(H2,17,18,20,22). The quantitative estimate of drug-likeness (QED) is 0.775. The Morgan fingerprint density at radius 1 is 1.27 bits per heavy atom. The monoisotopic (exact) mass is 308 g/mol. The molecule has 1 atom stereocenters. The number of hydrogen-bond acceptors (Lipinski definition) is 4. The Labute approximate surface area is 128 Å². The highest BCUT2D eigenvalue weighted by atomic mass is 16.2. The van der Waals surface area contributed by atoms with E-state index in [1.165, 1.54) is 0 Å². The highest BCUT2D eigenvalue weighted by Gasteiger charge is 2.29. The molecule has 2 heterocycles. The summed E-state index contributed by atoms with van der Waals surface area (Å²) in [6, 6.07) is 0.122. The molecule has 1 aromatic heterocycles. The van der Waals surface area contributed by atoms with Crippen LogP contribution in [0.25, 0.3) is 0 Å². The first-order valence-corrected chi connectivity index (χ1v) is 7.83. The molecule has 122 valence electrons. The van der Waals surface area contributed by atoms with E-state index < -0.39 is 11.2 Å². The maximum Gasteiger partial charge on any atom is 0.326 e. The minimum atomic E-state index is -0.720. The molecule has 0 spiro atoms. The van der Waals surface area contributed by atoms with E-state index in [1.54, 1.807) is 4.90 Å². The number of nitrogen functional groups attached to an aromatic ring is 1. The number of nitrogens with two attached hydrogens (primary N) is 1. The lowest BCUT2D eigenvalue weighted by Crippen LogP contribution is -2.43. The molecule has 1 fully saturated rings. The first kappa shape index (κ1) is 16.3. The number of H-pyrrole nitrogens is 2. The van der Waals surface area contributed by atoms with Gasteiger partial charge in [0.2, 0.25) is 0 Å². The van der Waals surface area contributed by atoms with Crippen LogP contribution in [0, 0.1) is 5.92 Å². The molecule has 7 heteroatoms. The van der Waals surface area contributed by atoms with E-state index in [1.807, 2.05) is 4.98 Å². The normalized spacial score (nSPS) is 19.2. The summed E-state index contributed by atoms with van der Waals surface area (Å²) >= 11 is 0. The number of aromatic nitrogens is 2. The Hall–Kier alpha value is -2.05. The summed E-state index contributed by atoms with van der Waals surface area (Å²) in [5.41, 5.74) is 3.93. The highest BCUT2D eigenvalue weighted by molar-refractivity contribution is 5.97. The zero-order valence-corrected chi connectivity index (χ0v) is 13.1. The van der Waals surface area contributed by atoms with Gasteiger partial charge in [-0.1, -0.05) is 26.7 Å². The fraction of sp³-hybridized carbons (Fsp3) is 0.667. The van der Waals surface area contributed by atoms with Crippen molar-refractivity contribution in [2.75, 3.05) is 12.3 Å². The van der Waals surface area contributed by atoms with Crippen LogP contribution in [0.1, 0.15) is 56.4 Å². The van der Waals surface area contributed by atoms with Crippen LogP contribution in [0.15, 0.2) is 9.59 Å². The van der Waals surface area contributed by atoms with Crippen molar-refractivity contribution < 1.29 is 4.79 Å².